The van der Waals surface area contributed by atoms with Crippen LogP contribution in [0.25, 0.3) is 22.0 Å². The second-order valence-corrected chi connectivity index (χ2v) is 3.82. The Labute approximate surface area is 98.5 Å². The number of hydrazine groups is 1. The van der Waals surface area contributed by atoms with Crippen LogP contribution < -0.4 is 11.3 Å². The van der Waals surface area contributed by atoms with Gasteiger partial charge >= 0.3 is 0 Å². The lowest BCUT2D eigenvalue weighted by atomic mass is 10.0. The molecule has 3 rings (SSSR count). The lowest BCUT2D eigenvalue weighted by molar-refractivity contribution is 1.20. The summed E-state index contributed by atoms with van der Waals surface area (Å²) in [5, 5.41) is 2.41. The highest BCUT2D eigenvalue weighted by Crippen LogP contribution is 2.27. The van der Waals surface area contributed by atoms with E-state index in [1.807, 2.05) is 18.2 Å². The molecule has 0 unspecified atom stereocenters. The molecule has 0 fully saturated rings. The Balaban J connectivity index is 2.23. The first kappa shape index (κ1) is 9.86. The van der Waals surface area contributed by atoms with Crippen molar-refractivity contribution in [1.82, 2.24) is 9.97 Å². The summed E-state index contributed by atoms with van der Waals surface area (Å²) < 4.78 is 0. The minimum Gasteiger partial charge on any atom is -0.323 e. The summed E-state index contributed by atoms with van der Waals surface area (Å²) in [7, 11) is 0. The standard InChI is InChI=1S/C13H12N4/c14-17-13-15-8-12(16-13)11-7-3-5-9-4-1-2-6-10(9)11/h1-8H,14H2,(H2,15,16,17). The van der Waals surface area contributed by atoms with Gasteiger partial charge in [0.05, 0.1) is 11.9 Å². The van der Waals surface area contributed by atoms with Gasteiger partial charge in [-0.05, 0) is 10.8 Å². The predicted molar refractivity (Wildman–Crippen MR) is 69.3 cm³/mol. The monoisotopic (exact) mass is 224 g/mol. The van der Waals surface area contributed by atoms with E-state index < -0.39 is 0 Å². The maximum atomic E-state index is 5.31. The van der Waals surface area contributed by atoms with Crippen molar-refractivity contribution in [3.8, 4) is 11.3 Å². The van der Waals surface area contributed by atoms with Gasteiger partial charge in [0.2, 0.25) is 5.95 Å². The van der Waals surface area contributed by atoms with Crippen molar-refractivity contribution < 1.29 is 0 Å². The number of hydrogen-bond donors (Lipinski definition) is 3. The van der Waals surface area contributed by atoms with Crippen molar-refractivity contribution >= 4 is 16.7 Å². The Morgan fingerprint density at radius 2 is 1.88 bits per heavy atom. The van der Waals surface area contributed by atoms with Crippen molar-refractivity contribution in [1.29, 1.82) is 0 Å². The van der Waals surface area contributed by atoms with Crippen molar-refractivity contribution in [3.05, 3.63) is 48.7 Å². The molecule has 0 amide bonds. The van der Waals surface area contributed by atoms with E-state index in [4.69, 9.17) is 5.84 Å². The average Bonchev–Trinajstić information content (AvgIpc) is 2.87. The Bertz CT molecular complexity index is 652. The second kappa shape index (κ2) is 3.92. The number of anilines is 1. The van der Waals surface area contributed by atoms with Gasteiger partial charge in [-0.25, -0.2) is 10.8 Å². The number of imidazole rings is 1. The number of nitrogen functional groups attached to an aromatic ring is 1. The maximum absolute atomic E-state index is 5.31. The van der Waals surface area contributed by atoms with Crippen LogP contribution in [0.15, 0.2) is 48.7 Å². The predicted octanol–water partition coefficient (Wildman–Crippen LogP) is 2.52. The van der Waals surface area contributed by atoms with Crippen LogP contribution in [-0.4, -0.2) is 9.97 Å². The molecular formula is C13H12N4. The van der Waals surface area contributed by atoms with Crippen molar-refractivity contribution in [3.63, 3.8) is 0 Å². The first-order chi connectivity index (χ1) is 8.38. The van der Waals surface area contributed by atoms with Gasteiger partial charge in [0.15, 0.2) is 0 Å². The van der Waals surface area contributed by atoms with Gasteiger partial charge in [-0.2, -0.15) is 0 Å². The lowest BCUT2D eigenvalue weighted by Gasteiger charge is -2.03. The van der Waals surface area contributed by atoms with Gasteiger partial charge in [0.1, 0.15) is 0 Å². The number of nitrogens with two attached hydrogens (primary N) is 1. The van der Waals surface area contributed by atoms with E-state index in [1.165, 1.54) is 10.8 Å². The van der Waals surface area contributed by atoms with Crippen LogP contribution in [0.4, 0.5) is 5.95 Å². The molecule has 1 heterocycles. The lowest BCUT2D eigenvalue weighted by Crippen LogP contribution is -2.07. The maximum Gasteiger partial charge on any atom is 0.215 e. The molecule has 0 aliphatic rings. The van der Waals surface area contributed by atoms with E-state index in [1.54, 1.807) is 6.20 Å². The largest absolute Gasteiger partial charge is 0.323 e. The van der Waals surface area contributed by atoms with Crippen LogP contribution in [0.1, 0.15) is 0 Å². The Morgan fingerprint density at radius 1 is 1.06 bits per heavy atom. The summed E-state index contributed by atoms with van der Waals surface area (Å²) in [6.45, 7) is 0. The van der Waals surface area contributed by atoms with E-state index in [9.17, 15) is 0 Å². The number of aromatic amines is 1. The van der Waals surface area contributed by atoms with Gasteiger partial charge in [0.25, 0.3) is 0 Å². The molecule has 4 nitrogen and oxygen atoms in total. The fourth-order valence-electron chi connectivity index (χ4n) is 1.99. The molecule has 2 aromatic carbocycles. The third kappa shape index (κ3) is 1.64. The van der Waals surface area contributed by atoms with Crippen LogP contribution >= 0.6 is 0 Å². The Hall–Kier alpha value is -2.33. The fraction of sp³-hybridized carbons (Fsp3) is 0. The zero-order valence-electron chi connectivity index (χ0n) is 9.14. The van der Waals surface area contributed by atoms with Crippen LogP contribution in [0.5, 0.6) is 0 Å². The van der Waals surface area contributed by atoms with Gasteiger partial charge < -0.3 is 4.98 Å². The molecule has 4 heteroatoms. The molecular weight excluding hydrogens is 212 g/mol. The first-order valence-electron chi connectivity index (χ1n) is 5.38. The highest BCUT2D eigenvalue weighted by Gasteiger charge is 2.05. The summed E-state index contributed by atoms with van der Waals surface area (Å²) in [5.41, 5.74) is 4.57. The van der Waals surface area contributed by atoms with Crippen molar-refractivity contribution in [2.75, 3.05) is 5.43 Å². The van der Waals surface area contributed by atoms with Crippen LogP contribution in [0, 0.1) is 0 Å². The summed E-state index contributed by atoms with van der Waals surface area (Å²) in [4.78, 5) is 7.25. The number of nitrogens with zero attached hydrogens (tertiary/aromatic N) is 1. The Kier molecular flexibility index (Phi) is 2.27. The molecule has 0 saturated carbocycles. The van der Waals surface area contributed by atoms with Crippen LogP contribution in [0.2, 0.25) is 0 Å². The molecule has 84 valence electrons. The number of nitrogens with one attached hydrogen (secondary N) is 2. The molecule has 0 radical (unpaired) electrons. The summed E-state index contributed by atoms with van der Waals surface area (Å²) in [6, 6.07) is 14.5. The number of benzene rings is 2. The van der Waals surface area contributed by atoms with Gasteiger partial charge in [-0.3, -0.25) is 5.43 Å². The summed E-state index contributed by atoms with van der Waals surface area (Å²) in [5.74, 6) is 5.87. The minimum absolute atomic E-state index is 0.563. The molecule has 0 saturated heterocycles. The molecule has 0 bridgehead atoms. The average molecular weight is 224 g/mol. The molecule has 0 aliphatic carbocycles. The number of H-pyrrole nitrogens is 1. The molecule has 3 aromatic rings. The zero-order valence-corrected chi connectivity index (χ0v) is 9.14. The van der Waals surface area contributed by atoms with Gasteiger partial charge in [0, 0.05) is 5.56 Å². The number of aromatic nitrogens is 2. The van der Waals surface area contributed by atoms with E-state index in [2.05, 4.69) is 39.7 Å². The molecule has 0 spiro atoms. The van der Waals surface area contributed by atoms with Crippen molar-refractivity contribution in [2.45, 2.75) is 0 Å². The third-order valence-electron chi connectivity index (χ3n) is 2.79. The number of fused-ring (bicyclic) bond motifs is 1. The molecule has 1 aromatic heterocycles. The third-order valence-corrected chi connectivity index (χ3v) is 2.79. The smallest absolute Gasteiger partial charge is 0.215 e. The number of hydrogen-bond acceptors (Lipinski definition) is 3. The molecule has 0 aliphatic heterocycles. The normalized spacial score (nSPS) is 10.6. The minimum atomic E-state index is 0.563. The Morgan fingerprint density at radius 3 is 2.71 bits per heavy atom. The van der Waals surface area contributed by atoms with E-state index in [0.29, 0.717) is 5.95 Å². The quantitative estimate of drug-likeness (QED) is 0.463. The molecule has 17 heavy (non-hydrogen) atoms. The van der Waals surface area contributed by atoms with E-state index in [0.717, 1.165) is 11.3 Å². The highest BCUT2D eigenvalue weighted by molar-refractivity contribution is 5.95. The molecule has 4 N–H and O–H groups in total. The zero-order chi connectivity index (χ0) is 11.7. The fourth-order valence-corrected chi connectivity index (χ4v) is 1.99. The van der Waals surface area contributed by atoms with Gasteiger partial charge in [-0.15, -0.1) is 0 Å². The first-order valence-corrected chi connectivity index (χ1v) is 5.38. The topological polar surface area (TPSA) is 66.7 Å². The van der Waals surface area contributed by atoms with E-state index >= 15 is 0 Å². The van der Waals surface area contributed by atoms with Crippen LogP contribution in [-0.2, 0) is 0 Å². The van der Waals surface area contributed by atoms with Gasteiger partial charge in [-0.1, -0.05) is 42.5 Å². The molecule has 0 atom stereocenters. The summed E-state index contributed by atoms with van der Waals surface area (Å²) in [6.07, 6.45) is 1.77. The second-order valence-electron chi connectivity index (χ2n) is 3.82. The number of rotatable bonds is 2. The highest BCUT2D eigenvalue weighted by atomic mass is 15.3. The van der Waals surface area contributed by atoms with Crippen molar-refractivity contribution in [2.24, 2.45) is 5.84 Å². The van der Waals surface area contributed by atoms with Crippen LogP contribution in [0.3, 0.4) is 0 Å². The van der Waals surface area contributed by atoms with E-state index in [-0.39, 0.29) is 0 Å². The summed E-state index contributed by atoms with van der Waals surface area (Å²) >= 11 is 0. The SMILES string of the molecule is NNc1ncc(-c2cccc3ccccc23)[nH]1.